The highest BCUT2D eigenvalue weighted by molar-refractivity contribution is 9.10. The van der Waals surface area contributed by atoms with Crippen molar-refractivity contribution in [3.63, 3.8) is 0 Å². The summed E-state index contributed by atoms with van der Waals surface area (Å²) in [7, 11) is 0. The molecule has 0 radical (unpaired) electrons. The smallest absolute Gasteiger partial charge is 0.338 e. The quantitative estimate of drug-likeness (QED) is 0.627. The van der Waals surface area contributed by atoms with Crippen molar-refractivity contribution in [3.8, 4) is 0 Å². The van der Waals surface area contributed by atoms with Crippen LogP contribution in [0.5, 0.6) is 0 Å². The number of ether oxygens (including phenoxy) is 1. The summed E-state index contributed by atoms with van der Waals surface area (Å²) in [5.74, 6) is -0.403. The minimum absolute atomic E-state index is 0.321. The maximum Gasteiger partial charge on any atom is 0.338 e. The predicted octanol–water partition coefficient (Wildman–Crippen LogP) is 2.75. The van der Waals surface area contributed by atoms with Crippen LogP contribution in [0.4, 0.5) is 0 Å². The molecule has 0 aliphatic rings. The first-order chi connectivity index (χ1) is 7.10. The number of benzene rings is 1. The van der Waals surface area contributed by atoms with Gasteiger partial charge in [0.2, 0.25) is 0 Å². The van der Waals surface area contributed by atoms with Crippen LogP contribution in [0.25, 0.3) is 0 Å². The van der Waals surface area contributed by atoms with Gasteiger partial charge in [-0.25, -0.2) is 4.79 Å². The second kappa shape index (κ2) is 5.07. The normalized spacial score (nSPS) is 9.80. The van der Waals surface area contributed by atoms with E-state index in [1.807, 2.05) is 0 Å². The molecule has 0 fully saturated rings. The monoisotopic (exact) mass is 270 g/mol. The lowest BCUT2D eigenvalue weighted by Crippen LogP contribution is -2.07. The van der Waals surface area contributed by atoms with Crippen molar-refractivity contribution in [3.05, 3.63) is 33.3 Å². The van der Waals surface area contributed by atoms with Gasteiger partial charge in [0, 0.05) is 10.0 Å². The fourth-order valence-corrected chi connectivity index (χ4v) is 1.67. The van der Waals surface area contributed by atoms with Crippen molar-refractivity contribution in [2.45, 2.75) is 13.8 Å². The molecule has 1 aromatic carbocycles. The molecule has 0 spiro atoms. The largest absolute Gasteiger partial charge is 0.462 e. The average molecular weight is 271 g/mol. The molecule has 0 bridgehead atoms. The number of aldehydes is 1. The predicted molar refractivity (Wildman–Crippen MR) is 60.2 cm³/mol. The Morgan fingerprint density at radius 1 is 1.53 bits per heavy atom. The lowest BCUT2D eigenvalue weighted by atomic mass is 10.1. The Balaban J connectivity index is 3.21. The third-order valence-electron chi connectivity index (χ3n) is 2.00. The molecule has 1 aromatic rings. The van der Waals surface area contributed by atoms with Gasteiger partial charge in [0.15, 0.2) is 0 Å². The van der Waals surface area contributed by atoms with Gasteiger partial charge in [0.25, 0.3) is 0 Å². The molecule has 0 saturated heterocycles. The Bertz CT molecular complexity index is 399. The SMILES string of the molecule is CCOC(=O)c1cc(C=O)cc(Br)c1C. The lowest BCUT2D eigenvalue weighted by Gasteiger charge is -2.07. The lowest BCUT2D eigenvalue weighted by molar-refractivity contribution is 0.0525. The summed E-state index contributed by atoms with van der Waals surface area (Å²) >= 11 is 3.29. The first kappa shape index (κ1) is 11.9. The topological polar surface area (TPSA) is 43.4 Å². The number of hydrogen-bond donors (Lipinski definition) is 0. The number of halogens is 1. The van der Waals surface area contributed by atoms with Gasteiger partial charge < -0.3 is 4.74 Å². The van der Waals surface area contributed by atoms with Crippen molar-refractivity contribution in [1.82, 2.24) is 0 Å². The van der Waals surface area contributed by atoms with Gasteiger partial charge in [-0.1, -0.05) is 15.9 Å². The molecule has 0 atom stereocenters. The summed E-state index contributed by atoms with van der Waals surface area (Å²) in [5.41, 5.74) is 1.66. The van der Waals surface area contributed by atoms with E-state index >= 15 is 0 Å². The van der Waals surface area contributed by atoms with E-state index in [0.29, 0.717) is 24.0 Å². The molecule has 80 valence electrons. The van der Waals surface area contributed by atoms with Crippen molar-refractivity contribution >= 4 is 28.2 Å². The maximum atomic E-state index is 11.5. The summed E-state index contributed by atoms with van der Waals surface area (Å²) in [6.45, 7) is 3.86. The maximum absolute atomic E-state index is 11.5. The zero-order valence-corrected chi connectivity index (χ0v) is 10.1. The molecular formula is C11H11BrO3. The van der Waals surface area contributed by atoms with Crippen LogP contribution in [-0.4, -0.2) is 18.9 Å². The van der Waals surface area contributed by atoms with E-state index in [0.717, 1.165) is 10.0 Å². The summed E-state index contributed by atoms with van der Waals surface area (Å²) < 4.78 is 5.62. The van der Waals surface area contributed by atoms with Crippen molar-refractivity contribution in [1.29, 1.82) is 0 Å². The molecule has 0 amide bonds. The van der Waals surface area contributed by atoms with Crippen LogP contribution in [0.3, 0.4) is 0 Å². The van der Waals surface area contributed by atoms with Gasteiger partial charge in [-0.3, -0.25) is 4.79 Å². The van der Waals surface area contributed by atoms with Crippen LogP contribution in [0.15, 0.2) is 16.6 Å². The number of rotatable bonds is 3. The van der Waals surface area contributed by atoms with E-state index in [2.05, 4.69) is 15.9 Å². The highest BCUT2D eigenvalue weighted by Gasteiger charge is 2.13. The van der Waals surface area contributed by atoms with Crippen LogP contribution in [0.1, 0.15) is 33.2 Å². The Hall–Kier alpha value is -1.16. The number of hydrogen-bond acceptors (Lipinski definition) is 3. The van der Waals surface area contributed by atoms with Gasteiger partial charge in [0.05, 0.1) is 12.2 Å². The fraction of sp³-hybridized carbons (Fsp3) is 0.273. The summed E-state index contributed by atoms with van der Waals surface area (Å²) in [6, 6.07) is 3.20. The Labute approximate surface area is 96.6 Å². The molecule has 0 heterocycles. The van der Waals surface area contributed by atoms with E-state index in [9.17, 15) is 9.59 Å². The van der Waals surface area contributed by atoms with E-state index in [-0.39, 0.29) is 0 Å². The van der Waals surface area contributed by atoms with Gasteiger partial charge in [-0.15, -0.1) is 0 Å². The first-order valence-electron chi connectivity index (χ1n) is 4.52. The molecule has 3 nitrogen and oxygen atoms in total. The highest BCUT2D eigenvalue weighted by atomic mass is 79.9. The molecule has 15 heavy (non-hydrogen) atoms. The minimum Gasteiger partial charge on any atom is -0.462 e. The van der Waals surface area contributed by atoms with E-state index in [1.165, 1.54) is 6.07 Å². The number of carbonyl (C=O) groups excluding carboxylic acids is 2. The second-order valence-electron chi connectivity index (χ2n) is 3.01. The summed E-state index contributed by atoms with van der Waals surface area (Å²) in [5, 5.41) is 0. The third-order valence-corrected chi connectivity index (χ3v) is 2.82. The Morgan fingerprint density at radius 2 is 2.20 bits per heavy atom. The molecule has 0 aromatic heterocycles. The number of esters is 1. The summed E-state index contributed by atoms with van der Waals surface area (Å²) in [4.78, 5) is 22.2. The van der Waals surface area contributed by atoms with Crippen molar-refractivity contribution < 1.29 is 14.3 Å². The second-order valence-corrected chi connectivity index (χ2v) is 3.87. The van der Waals surface area contributed by atoms with Crippen LogP contribution < -0.4 is 0 Å². The Kier molecular flexibility index (Phi) is 4.03. The van der Waals surface area contributed by atoms with Crippen molar-refractivity contribution in [2.24, 2.45) is 0 Å². The zero-order valence-electron chi connectivity index (χ0n) is 8.54. The highest BCUT2D eigenvalue weighted by Crippen LogP contribution is 2.22. The van der Waals surface area contributed by atoms with Crippen LogP contribution in [-0.2, 0) is 4.74 Å². The van der Waals surface area contributed by atoms with Gasteiger partial charge >= 0.3 is 5.97 Å². The van der Waals surface area contributed by atoms with Crippen LogP contribution in [0, 0.1) is 6.92 Å². The van der Waals surface area contributed by atoms with E-state index in [4.69, 9.17) is 4.74 Å². The van der Waals surface area contributed by atoms with Crippen molar-refractivity contribution in [2.75, 3.05) is 6.61 Å². The minimum atomic E-state index is -0.403. The molecule has 0 saturated carbocycles. The molecule has 1 rings (SSSR count). The molecule has 0 aliphatic carbocycles. The van der Waals surface area contributed by atoms with Gasteiger partial charge in [-0.05, 0) is 31.5 Å². The zero-order chi connectivity index (χ0) is 11.4. The molecule has 0 unspecified atom stereocenters. The van der Waals surface area contributed by atoms with E-state index < -0.39 is 5.97 Å². The third kappa shape index (κ3) is 2.65. The van der Waals surface area contributed by atoms with Gasteiger partial charge in [-0.2, -0.15) is 0 Å². The van der Waals surface area contributed by atoms with Crippen LogP contribution >= 0.6 is 15.9 Å². The average Bonchev–Trinajstić information content (AvgIpc) is 2.22. The van der Waals surface area contributed by atoms with E-state index in [1.54, 1.807) is 19.9 Å². The van der Waals surface area contributed by atoms with Gasteiger partial charge in [0.1, 0.15) is 6.29 Å². The Morgan fingerprint density at radius 3 is 2.73 bits per heavy atom. The molecule has 0 N–H and O–H groups in total. The molecule has 4 heteroatoms. The number of carbonyl (C=O) groups is 2. The molecular weight excluding hydrogens is 260 g/mol. The first-order valence-corrected chi connectivity index (χ1v) is 5.32. The molecule has 0 aliphatic heterocycles. The van der Waals surface area contributed by atoms with Crippen LogP contribution in [0.2, 0.25) is 0 Å². The standard InChI is InChI=1S/C11H11BrO3/c1-3-15-11(14)9-4-8(6-13)5-10(12)7(9)2/h4-6H,3H2,1-2H3. The fourth-order valence-electron chi connectivity index (χ4n) is 1.19. The summed E-state index contributed by atoms with van der Waals surface area (Å²) in [6.07, 6.45) is 0.701.